The fraction of sp³-hybridized carbons (Fsp3) is 0.864. The summed E-state index contributed by atoms with van der Waals surface area (Å²) in [5.41, 5.74) is -1.13. The van der Waals surface area contributed by atoms with Crippen LogP contribution in [0.25, 0.3) is 0 Å². The zero-order valence-corrected chi connectivity index (χ0v) is 39.9. The van der Waals surface area contributed by atoms with Crippen LogP contribution in [-0.4, -0.2) is 136 Å². The van der Waals surface area contributed by atoms with Gasteiger partial charge >= 0.3 is 18.2 Å². The lowest BCUT2D eigenvalue weighted by atomic mass is 9.84. The molecule has 2 bridgehead atoms. The number of hydrogen-bond acceptors (Lipinski definition) is 11. The van der Waals surface area contributed by atoms with Crippen LogP contribution in [0.2, 0.25) is 0 Å². The minimum absolute atomic E-state index is 0.165. The number of ether oxygens (including phenoxy) is 2. The van der Waals surface area contributed by atoms with Gasteiger partial charge in [-0.3, -0.25) is 0 Å². The number of nitrogens with zero attached hydrogens (tertiary/aromatic N) is 6. The van der Waals surface area contributed by atoms with Crippen LogP contribution in [0.5, 0.6) is 0 Å². The van der Waals surface area contributed by atoms with Gasteiger partial charge in [-0.2, -0.15) is 9.35 Å². The van der Waals surface area contributed by atoms with Crippen molar-refractivity contribution in [3.63, 3.8) is 0 Å². The lowest BCUT2D eigenvalue weighted by Crippen LogP contribution is -2.51. The van der Waals surface area contributed by atoms with Crippen LogP contribution in [-0.2, 0) is 30.6 Å². The van der Waals surface area contributed by atoms with Crippen molar-refractivity contribution < 1.29 is 50.1 Å². The van der Waals surface area contributed by atoms with Gasteiger partial charge in [0, 0.05) is 44.7 Å². The first kappa shape index (κ1) is 50.5. The highest BCUT2D eigenvalue weighted by Crippen LogP contribution is 2.62. The molecule has 17 heteroatoms. The zero-order valence-electron chi connectivity index (χ0n) is 39.0. The Kier molecular flexibility index (Phi) is 17.8. The van der Waals surface area contributed by atoms with Gasteiger partial charge in [-0.15, -0.1) is 0 Å². The Morgan fingerprint density at radius 2 is 1.43 bits per heavy atom. The van der Waals surface area contributed by atoms with E-state index in [0.29, 0.717) is 55.3 Å². The molecule has 61 heavy (non-hydrogen) atoms. The Labute approximate surface area is 366 Å². The number of fused-ring (bicyclic) bond motifs is 3. The minimum atomic E-state index is -5.11. The number of hydrogen-bond donors (Lipinski definition) is 0. The first-order chi connectivity index (χ1) is 28.6. The predicted octanol–water partition coefficient (Wildman–Crippen LogP) is 8.58. The summed E-state index contributed by atoms with van der Waals surface area (Å²) in [6.07, 6.45) is 13.7. The van der Waals surface area contributed by atoms with Gasteiger partial charge in [0.05, 0.1) is 38.3 Å². The van der Waals surface area contributed by atoms with Crippen LogP contribution >= 0.6 is 0 Å². The number of piperidine rings is 2. The molecule has 4 amide bonds. The minimum Gasteiger partial charge on any atom is -0.724 e. The third-order valence-corrected chi connectivity index (χ3v) is 12.8. The number of rotatable bonds is 19. The van der Waals surface area contributed by atoms with E-state index in [0.717, 1.165) is 12.8 Å². The van der Waals surface area contributed by atoms with Gasteiger partial charge in [-0.05, 0) is 105 Å². The summed E-state index contributed by atoms with van der Waals surface area (Å²) in [6.45, 7) is 27.3. The quantitative estimate of drug-likeness (QED) is 0.0739. The van der Waals surface area contributed by atoms with Gasteiger partial charge in [0.15, 0.2) is 0 Å². The molecule has 3 aliphatic heterocycles. The highest BCUT2D eigenvalue weighted by atomic mass is 32.3. The Hall–Kier alpha value is -3.15. The monoisotopic (exact) mass is 883 g/mol. The Balaban J connectivity index is 0.000000408. The van der Waals surface area contributed by atoms with Gasteiger partial charge in [0.1, 0.15) is 22.7 Å². The number of amides is 4. The standard InChI is InChI=1S/C28H43N5O10S.C16H36N/c1-26(2,3)40-24(35)30-12-7-18(8-13-30)31(25(36)41-27(4,5)6)14-9-19-15-20(29-42-19)21-16-28(10-11-28)22-17-32(21)23(34)33(22)43-44(37,38)39;1-5-9-13-17(14-10-6-2,15-11-7-3)16-12-8-4/h15,18,21-22H,7-14,16-17H2,1-6H3,(H,37,38,39);5-16H2,1-4H3/q;+1/p-1/t21-,22-;/m0./s1. The van der Waals surface area contributed by atoms with Crippen molar-refractivity contribution in [2.75, 3.05) is 52.4 Å². The summed E-state index contributed by atoms with van der Waals surface area (Å²) in [4.78, 5) is 43.7. The van der Waals surface area contributed by atoms with Crippen LogP contribution in [0, 0.1) is 5.41 Å². The number of quaternary nitrogens is 1. The van der Waals surface area contributed by atoms with E-state index < -0.39 is 45.8 Å². The van der Waals surface area contributed by atoms with Crippen molar-refractivity contribution >= 4 is 28.6 Å². The molecule has 350 valence electrons. The summed E-state index contributed by atoms with van der Waals surface area (Å²) in [7, 11) is -5.11. The van der Waals surface area contributed by atoms with E-state index in [9.17, 15) is 27.4 Å². The van der Waals surface area contributed by atoms with Crippen molar-refractivity contribution in [1.29, 1.82) is 0 Å². The molecular weight excluding hydrogens is 805 g/mol. The van der Waals surface area contributed by atoms with E-state index in [2.05, 4.69) is 37.1 Å². The van der Waals surface area contributed by atoms with Gasteiger partial charge in [-0.1, -0.05) is 58.5 Å². The predicted molar refractivity (Wildman–Crippen MR) is 231 cm³/mol. The molecule has 3 saturated heterocycles. The van der Waals surface area contributed by atoms with E-state index in [1.54, 1.807) is 36.6 Å². The molecular formula is C44H78N6O10S. The molecule has 4 aliphatic rings. The number of urea groups is 1. The summed E-state index contributed by atoms with van der Waals surface area (Å²) >= 11 is 0. The van der Waals surface area contributed by atoms with E-state index in [-0.39, 0.29) is 30.6 Å². The van der Waals surface area contributed by atoms with Crippen molar-refractivity contribution in [2.24, 2.45) is 5.41 Å². The molecule has 5 rings (SSSR count). The second-order valence-electron chi connectivity index (χ2n) is 19.8. The van der Waals surface area contributed by atoms with E-state index in [4.69, 9.17) is 14.0 Å². The fourth-order valence-electron chi connectivity index (χ4n) is 8.99. The Morgan fingerprint density at radius 3 is 1.89 bits per heavy atom. The van der Waals surface area contributed by atoms with E-state index in [1.165, 1.54) is 86.9 Å². The van der Waals surface area contributed by atoms with Crippen molar-refractivity contribution in [1.82, 2.24) is 24.9 Å². The molecule has 0 radical (unpaired) electrons. The molecule has 1 saturated carbocycles. The number of carbonyl (C=O) groups excluding carboxylic acids is 3. The zero-order chi connectivity index (χ0) is 45.2. The van der Waals surface area contributed by atoms with Crippen LogP contribution in [0.3, 0.4) is 0 Å². The first-order valence-corrected chi connectivity index (χ1v) is 24.5. The number of carbonyl (C=O) groups is 3. The normalized spacial score (nSPS) is 20.4. The van der Waals surface area contributed by atoms with Gasteiger partial charge in [0.25, 0.3) is 0 Å². The maximum atomic E-state index is 13.3. The van der Waals surface area contributed by atoms with Crippen molar-refractivity contribution in [3.8, 4) is 0 Å². The highest BCUT2D eigenvalue weighted by molar-refractivity contribution is 7.80. The third kappa shape index (κ3) is 14.7. The molecule has 16 nitrogen and oxygen atoms in total. The highest BCUT2D eigenvalue weighted by Gasteiger charge is 2.64. The van der Waals surface area contributed by atoms with Crippen molar-refractivity contribution in [3.05, 3.63) is 17.5 Å². The Bertz CT molecular complexity index is 1640. The summed E-state index contributed by atoms with van der Waals surface area (Å²) in [5, 5.41) is 4.95. The molecule has 4 fully saturated rings. The second kappa shape index (κ2) is 21.5. The number of unbranched alkanes of at least 4 members (excludes halogenated alkanes) is 4. The molecule has 4 heterocycles. The third-order valence-electron chi connectivity index (χ3n) is 12.5. The topological polar surface area (TPSA) is 175 Å². The lowest BCUT2D eigenvalue weighted by molar-refractivity contribution is -0.929. The number of likely N-dealkylation sites (tertiary alicyclic amines) is 1. The SMILES string of the molecule is CC(C)(C)OC(=O)N1CCC(N(CCc2cc([C@@H]3CC4(CC4)[C@@H]4CN3C(=O)N4OS(=O)(=O)[O-])no2)C(=O)OC(C)(C)C)CC1.CCCC[N+](CCCC)(CCCC)CCCC. The molecule has 0 aromatic carbocycles. The fourth-order valence-corrected chi connectivity index (χ4v) is 9.35. The molecule has 2 atom stereocenters. The van der Waals surface area contributed by atoms with Gasteiger partial charge in [-0.25, -0.2) is 22.8 Å². The first-order valence-electron chi connectivity index (χ1n) is 23.1. The van der Waals surface area contributed by atoms with Crippen LogP contribution in [0.1, 0.15) is 170 Å². The molecule has 1 aliphatic carbocycles. The smallest absolute Gasteiger partial charge is 0.410 e. The average Bonchev–Trinajstić information content (AvgIpc) is 3.67. The van der Waals surface area contributed by atoms with Gasteiger partial charge < -0.3 is 37.7 Å². The maximum absolute atomic E-state index is 13.3. The molecule has 1 aromatic rings. The molecule has 1 aromatic heterocycles. The molecule has 0 N–H and O–H groups in total. The average molecular weight is 883 g/mol. The summed E-state index contributed by atoms with van der Waals surface area (Å²) < 4.78 is 56.7. The molecule has 1 spiro atoms. The maximum Gasteiger partial charge on any atom is 0.410 e. The van der Waals surface area contributed by atoms with E-state index >= 15 is 0 Å². The summed E-state index contributed by atoms with van der Waals surface area (Å²) in [6, 6.07) is -0.102. The second-order valence-corrected chi connectivity index (χ2v) is 20.8. The largest absolute Gasteiger partial charge is 0.724 e. The Morgan fingerprint density at radius 1 is 0.902 bits per heavy atom. The van der Waals surface area contributed by atoms with Crippen LogP contribution in [0.15, 0.2) is 10.6 Å². The lowest BCUT2D eigenvalue weighted by Gasteiger charge is -2.39. The van der Waals surface area contributed by atoms with E-state index in [1.807, 2.05) is 20.8 Å². The van der Waals surface area contributed by atoms with Crippen molar-refractivity contribution in [2.45, 2.75) is 188 Å². The van der Waals surface area contributed by atoms with Crippen LogP contribution in [0.4, 0.5) is 14.4 Å². The molecule has 0 unspecified atom stereocenters. The number of hydroxylamine groups is 2. The van der Waals surface area contributed by atoms with Gasteiger partial charge in [0.2, 0.25) is 10.4 Å². The van der Waals surface area contributed by atoms with Crippen LogP contribution < -0.4 is 0 Å². The number of aromatic nitrogens is 1. The summed E-state index contributed by atoms with van der Waals surface area (Å²) in [5.74, 6) is 0.508.